The number of nitro benzene ring substituents is 1. The standard InChI is InChI=1S/C10H11N3O3/c1-2-3-7-16-9-6-4-5-8(12-11)10(9)13(14)15/h1,4-6,12H,3,7,11H2. The Balaban J connectivity index is 2.99. The van der Waals surface area contributed by atoms with E-state index in [0.717, 1.165) is 0 Å². The van der Waals surface area contributed by atoms with Crippen molar-refractivity contribution in [1.82, 2.24) is 0 Å². The molecule has 6 heteroatoms. The molecule has 0 spiro atoms. The highest BCUT2D eigenvalue weighted by molar-refractivity contribution is 5.67. The van der Waals surface area contributed by atoms with E-state index in [1.165, 1.54) is 12.1 Å². The van der Waals surface area contributed by atoms with Gasteiger partial charge in [-0.15, -0.1) is 12.3 Å². The van der Waals surface area contributed by atoms with Crippen molar-refractivity contribution in [3.05, 3.63) is 28.3 Å². The number of terminal acetylenes is 1. The maximum absolute atomic E-state index is 10.8. The SMILES string of the molecule is C#CCCOc1cccc(NN)c1[N+](=O)[O-]. The van der Waals surface area contributed by atoms with Gasteiger partial charge in [0.25, 0.3) is 0 Å². The minimum atomic E-state index is -0.555. The third-order valence-electron chi connectivity index (χ3n) is 1.84. The Kier molecular flexibility index (Phi) is 4.12. The highest BCUT2D eigenvalue weighted by atomic mass is 16.6. The average molecular weight is 221 g/mol. The molecule has 0 unspecified atom stereocenters. The number of nitrogens with one attached hydrogen (secondary N) is 1. The quantitative estimate of drug-likeness (QED) is 0.257. The lowest BCUT2D eigenvalue weighted by Gasteiger charge is -2.07. The number of nitro groups is 1. The van der Waals surface area contributed by atoms with Crippen LogP contribution in [0.2, 0.25) is 0 Å². The van der Waals surface area contributed by atoms with Crippen LogP contribution >= 0.6 is 0 Å². The van der Waals surface area contributed by atoms with Gasteiger partial charge in [0.1, 0.15) is 5.69 Å². The molecular weight excluding hydrogens is 210 g/mol. The Morgan fingerprint density at radius 1 is 1.62 bits per heavy atom. The number of para-hydroxylation sites is 1. The number of hydrazine groups is 1. The number of hydrogen-bond donors (Lipinski definition) is 2. The Labute approximate surface area is 92.5 Å². The van der Waals surface area contributed by atoms with Gasteiger partial charge in [0, 0.05) is 6.42 Å². The molecule has 16 heavy (non-hydrogen) atoms. The predicted molar refractivity (Wildman–Crippen MR) is 59.9 cm³/mol. The molecule has 3 N–H and O–H groups in total. The molecule has 0 fully saturated rings. The first-order valence-electron chi connectivity index (χ1n) is 4.51. The summed E-state index contributed by atoms with van der Waals surface area (Å²) in [6.45, 7) is 0.228. The molecule has 0 aromatic heterocycles. The number of anilines is 1. The average Bonchev–Trinajstić information content (AvgIpc) is 2.28. The van der Waals surface area contributed by atoms with E-state index in [0.29, 0.717) is 6.42 Å². The molecule has 1 aromatic carbocycles. The highest BCUT2D eigenvalue weighted by Crippen LogP contribution is 2.34. The zero-order chi connectivity index (χ0) is 12.0. The second-order valence-corrected chi connectivity index (χ2v) is 2.86. The van der Waals surface area contributed by atoms with E-state index >= 15 is 0 Å². The van der Waals surface area contributed by atoms with Gasteiger partial charge in [-0.05, 0) is 12.1 Å². The maximum Gasteiger partial charge on any atom is 0.335 e. The van der Waals surface area contributed by atoms with E-state index in [9.17, 15) is 10.1 Å². The first kappa shape index (κ1) is 11.8. The summed E-state index contributed by atoms with van der Waals surface area (Å²) in [6.07, 6.45) is 5.44. The Morgan fingerprint density at radius 3 is 2.94 bits per heavy atom. The fourth-order valence-corrected chi connectivity index (χ4v) is 1.16. The van der Waals surface area contributed by atoms with Crippen LogP contribution in [0.5, 0.6) is 5.75 Å². The minimum Gasteiger partial charge on any atom is -0.486 e. The van der Waals surface area contributed by atoms with Crippen LogP contribution in [0, 0.1) is 22.5 Å². The summed E-state index contributed by atoms with van der Waals surface area (Å²) < 4.78 is 5.20. The fourth-order valence-electron chi connectivity index (χ4n) is 1.16. The first-order chi connectivity index (χ1) is 7.70. The monoisotopic (exact) mass is 221 g/mol. The largest absolute Gasteiger partial charge is 0.486 e. The van der Waals surface area contributed by atoms with Crippen molar-refractivity contribution in [3.63, 3.8) is 0 Å². The van der Waals surface area contributed by atoms with Gasteiger partial charge >= 0.3 is 5.69 Å². The molecule has 0 bridgehead atoms. The molecule has 0 saturated carbocycles. The third-order valence-corrected chi connectivity index (χ3v) is 1.84. The lowest BCUT2D eigenvalue weighted by molar-refractivity contribution is -0.385. The molecule has 0 aliphatic heterocycles. The summed E-state index contributed by atoms with van der Waals surface area (Å²) in [7, 11) is 0. The van der Waals surface area contributed by atoms with Crippen LogP contribution in [-0.2, 0) is 0 Å². The summed E-state index contributed by atoms with van der Waals surface area (Å²) in [5.74, 6) is 7.70. The van der Waals surface area contributed by atoms with Crippen LogP contribution in [-0.4, -0.2) is 11.5 Å². The summed E-state index contributed by atoms with van der Waals surface area (Å²) in [5.41, 5.74) is 2.25. The van der Waals surface area contributed by atoms with Crippen molar-refractivity contribution >= 4 is 11.4 Å². The number of nitrogen functional groups attached to an aromatic ring is 1. The molecule has 0 aliphatic rings. The molecule has 0 heterocycles. The van der Waals surface area contributed by atoms with Gasteiger partial charge in [-0.1, -0.05) is 6.07 Å². The molecule has 0 saturated heterocycles. The summed E-state index contributed by atoms with van der Waals surface area (Å²) in [5, 5.41) is 10.8. The third kappa shape index (κ3) is 2.62. The van der Waals surface area contributed by atoms with E-state index in [4.69, 9.17) is 17.0 Å². The fraction of sp³-hybridized carbons (Fsp3) is 0.200. The second-order valence-electron chi connectivity index (χ2n) is 2.86. The molecule has 0 amide bonds. The molecule has 0 aliphatic carbocycles. The number of nitrogens with two attached hydrogens (primary N) is 1. The zero-order valence-corrected chi connectivity index (χ0v) is 8.47. The van der Waals surface area contributed by atoms with Crippen LogP contribution in [0.4, 0.5) is 11.4 Å². The van der Waals surface area contributed by atoms with Crippen LogP contribution in [0.3, 0.4) is 0 Å². The Hall–Kier alpha value is -2.26. The number of benzene rings is 1. The molecule has 1 aromatic rings. The lowest BCUT2D eigenvalue weighted by atomic mass is 10.2. The summed E-state index contributed by atoms with van der Waals surface area (Å²) in [6, 6.07) is 4.59. The van der Waals surface area contributed by atoms with Crippen LogP contribution in [0.1, 0.15) is 6.42 Å². The topological polar surface area (TPSA) is 90.4 Å². The van der Waals surface area contributed by atoms with Gasteiger partial charge < -0.3 is 10.2 Å². The Bertz CT molecular complexity index is 426. The van der Waals surface area contributed by atoms with Crippen LogP contribution < -0.4 is 16.0 Å². The molecule has 84 valence electrons. The van der Waals surface area contributed by atoms with Crippen molar-refractivity contribution in [2.75, 3.05) is 12.0 Å². The summed E-state index contributed by atoms with van der Waals surface area (Å²) >= 11 is 0. The highest BCUT2D eigenvalue weighted by Gasteiger charge is 2.20. The first-order valence-corrected chi connectivity index (χ1v) is 4.51. The summed E-state index contributed by atoms with van der Waals surface area (Å²) in [4.78, 5) is 10.3. The van der Waals surface area contributed by atoms with Crippen molar-refractivity contribution in [3.8, 4) is 18.1 Å². The van der Waals surface area contributed by atoms with Crippen molar-refractivity contribution in [1.29, 1.82) is 0 Å². The van der Waals surface area contributed by atoms with Gasteiger partial charge in [0.05, 0.1) is 11.5 Å². The molecular formula is C10H11N3O3. The maximum atomic E-state index is 10.8. The molecule has 6 nitrogen and oxygen atoms in total. The van der Waals surface area contributed by atoms with Gasteiger partial charge in [-0.3, -0.25) is 16.0 Å². The normalized spacial score (nSPS) is 9.25. The van der Waals surface area contributed by atoms with Crippen LogP contribution in [0.15, 0.2) is 18.2 Å². The van der Waals surface area contributed by atoms with Crippen molar-refractivity contribution in [2.45, 2.75) is 6.42 Å². The molecule has 0 atom stereocenters. The smallest absolute Gasteiger partial charge is 0.335 e. The minimum absolute atomic E-state index is 0.149. The van der Waals surface area contributed by atoms with Gasteiger partial charge in [0.2, 0.25) is 0 Å². The van der Waals surface area contributed by atoms with Crippen molar-refractivity contribution < 1.29 is 9.66 Å². The van der Waals surface area contributed by atoms with Gasteiger partial charge in [0.15, 0.2) is 5.75 Å². The van der Waals surface area contributed by atoms with Crippen LogP contribution in [0.25, 0.3) is 0 Å². The van der Waals surface area contributed by atoms with Gasteiger partial charge in [-0.2, -0.15) is 0 Å². The lowest BCUT2D eigenvalue weighted by Crippen LogP contribution is -2.10. The van der Waals surface area contributed by atoms with E-state index in [2.05, 4.69) is 11.3 Å². The molecule has 1 rings (SSSR count). The van der Waals surface area contributed by atoms with E-state index in [1.54, 1.807) is 6.07 Å². The van der Waals surface area contributed by atoms with Gasteiger partial charge in [-0.25, -0.2) is 0 Å². The number of ether oxygens (including phenoxy) is 1. The molecule has 0 radical (unpaired) electrons. The predicted octanol–water partition coefficient (Wildman–Crippen LogP) is 1.28. The number of hydrogen-bond acceptors (Lipinski definition) is 5. The number of nitrogens with zero attached hydrogens (tertiary/aromatic N) is 1. The zero-order valence-electron chi connectivity index (χ0n) is 8.47. The van der Waals surface area contributed by atoms with E-state index < -0.39 is 4.92 Å². The van der Waals surface area contributed by atoms with E-state index in [1.807, 2.05) is 0 Å². The van der Waals surface area contributed by atoms with E-state index in [-0.39, 0.29) is 23.7 Å². The van der Waals surface area contributed by atoms with Crippen molar-refractivity contribution in [2.24, 2.45) is 5.84 Å². The Morgan fingerprint density at radius 2 is 2.38 bits per heavy atom. The number of rotatable bonds is 5. The second kappa shape index (κ2) is 5.58.